The highest BCUT2D eigenvalue weighted by atomic mass is 14.1. The third-order valence-corrected chi connectivity index (χ3v) is 4.85. The van der Waals surface area contributed by atoms with Crippen LogP contribution in [0, 0.1) is 6.92 Å². The van der Waals surface area contributed by atoms with E-state index in [4.69, 9.17) is 0 Å². The molecule has 0 bridgehead atoms. The summed E-state index contributed by atoms with van der Waals surface area (Å²) in [6, 6.07) is 22.2. The van der Waals surface area contributed by atoms with Gasteiger partial charge in [0.2, 0.25) is 0 Å². The zero-order chi connectivity index (χ0) is 16.5. The van der Waals surface area contributed by atoms with Crippen LogP contribution in [-0.4, -0.2) is 0 Å². The molecule has 24 heavy (non-hydrogen) atoms. The predicted octanol–water partition coefficient (Wildman–Crippen LogP) is 6.94. The smallest absolute Gasteiger partial charge is 0.0105 e. The molecule has 0 heterocycles. The van der Waals surface area contributed by atoms with E-state index in [0.717, 1.165) is 6.42 Å². The molecule has 0 radical (unpaired) electrons. The van der Waals surface area contributed by atoms with Crippen molar-refractivity contribution in [2.45, 2.75) is 26.7 Å². The molecular formula is C24H22. The predicted molar refractivity (Wildman–Crippen MR) is 105 cm³/mol. The molecule has 1 aliphatic rings. The molecule has 118 valence electrons. The zero-order valence-corrected chi connectivity index (χ0v) is 14.3. The summed E-state index contributed by atoms with van der Waals surface area (Å²) in [6.07, 6.45) is 7.03. The average Bonchev–Trinajstić information content (AvgIpc) is 2.61. The second-order valence-corrected chi connectivity index (χ2v) is 6.80. The van der Waals surface area contributed by atoms with Crippen molar-refractivity contribution < 1.29 is 0 Å². The third kappa shape index (κ3) is 2.80. The van der Waals surface area contributed by atoms with Crippen LogP contribution < -0.4 is 0 Å². The lowest BCUT2D eigenvalue weighted by atomic mass is 9.92. The molecule has 0 unspecified atom stereocenters. The molecular weight excluding hydrogens is 288 g/mol. The number of rotatable bonds is 2. The molecule has 1 aliphatic carbocycles. The minimum Gasteiger partial charge on any atom is -0.0763 e. The third-order valence-electron chi connectivity index (χ3n) is 4.85. The van der Waals surface area contributed by atoms with Gasteiger partial charge >= 0.3 is 0 Å². The molecule has 0 aliphatic heterocycles. The fourth-order valence-corrected chi connectivity index (χ4v) is 3.58. The Morgan fingerprint density at radius 1 is 0.792 bits per heavy atom. The Morgan fingerprint density at radius 3 is 2.50 bits per heavy atom. The van der Waals surface area contributed by atoms with Crippen LogP contribution in [0.4, 0.5) is 0 Å². The van der Waals surface area contributed by atoms with Crippen LogP contribution in [-0.2, 0) is 0 Å². The molecule has 3 aromatic carbocycles. The highest BCUT2D eigenvalue weighted by molar-refractivity contribution is 5.98. The SMILES string of the molecule is CC1=CC(c2ccc3c(-c4cccc(C)c4)cccc3c2)=CCC1. The Kier molecular flexibility index (Phi) is 3.82. The van der Waals surface area contributed by atoms with Gasteiger partial charge in [0, 0.05) is 0 Å². The maximum atomic E-state index is 2.36. The summed E-state index contributed by atoms with van der Waals surface area (Å²) in [6.45, 7) is 4.38. The standard InChI is InChI=1S/C24H22/c1-17-6-3-8-19(14-17)20-12-13-24-22(16-20)10-5-11-23(24)21-9-4-7-18(2)15-21/h4-5,7-16H,3,6H2,1-2H3. The molecule has 0 saturated heterocycles. The van der Waals surface area contributed by atoms with Crippen LogP contribution in [0.2, 0.25) is 0 Å². The molecule has 3 aromatic rings. The van der Waals surface area contributed by atoms with Gasteiger partial charge in [-0.3, -0.25) is 0 Å². The fraction of sp³-hybridized carbons (Fsp3) is 0.167. The number of hydrogen-bond donors (Lipinski definition) is 0. The van der Waals surface area contributed by atoms with Crippen molar-refractivity contribution in [3.05, 3.63) is 89.5 Å². The Hall–Kier alpha value is -2.60. The van der Waals surface area contributed by atoms with E-state index in [2.05, 4.69) is 86.7 Å². The second kappa shape index (κ2) is 6.13. The van der Waals surface area contributed by atoms with Crippen molar-refractivity contribution in [1.29, 1.82) is 0 Å². The van der Waals surface area contributed by atoms with Crippen LogP contribution in [0.5, 0.6) is 0 Å². The summed E-state index contributed by atoms with van der Waals surface area (Å²) in [4.78, 5) is 0. The summed E-state index contributed by atoms with van der Waals surface area (Å²) in [7, 11) is 0. The molecule has 0 saturated carbocycles. The Morgan fingerprint density at radius 2 is 1.67 bits per heavy atom. The Bertz CT molecular complexity index is 970. The van der Waals surface area contributed by atoms with E-state index in [1.165, 1.54) is 50.6 Å². The maximum Gasteiger partial charge on any atom is -0.0105 e. The van der Waals surface area contributed by atoms with Crippen LogP contribution in [0.3, 0.4) is 0 Å². The van der Waals surface area contributed by atoms with E-state index in [9.17, 15) is 0 Å². The van der Waals surface area contributed by atoms with Crippen LogP contribution in [0.25, 0.3) is 27.5 Å². The number of fused-ring (bicyclic) bond motifs is 1. The zero-order valence-electron chi connectivity index (χ0n) is 14.3. The minimum absolute atomic E-state index is 1.15. The molecule has 4 rings (SSSR count). The fourth-order valence-electron chi connectivity index (χ4n) is 3.58. The van der Waals surface area contributed by atoms with Gasteiger partial charge in [0.15, 0.2) is 0 Å². The minimum atomic E-state index is 1.15. The number of aryl methyl sites for hydroxylation is 1. The molecule has 0 fully saturated rings. The summed E-state index contributed by atoms with van der Waals surface area (Å²) in [5, 5.41) is 2.63. The van der Waals surface area contributed by atoms with Crippen molar-refractivity contribution in [1.82, 2.24) is 0 Å². The monoisotopic (exact) mass is 310 g/mol. The van der Waals surface area contributed by atoms with Crippen LogP contribution >= 0.6 is 0 Å². The average molecular weight is 310 g/mol. The van der Waals surface area contributed by atoms with Gasteiger partial charge in [-0.05, 0) is 65.8 Å². The first-order chi connectivity index (χ1) is 11.7. The van der Waals surface area contributed by atoms with Crippen LogP contribution in [0.1, 0.15) is 30.9 Å². The summed E-state index contributed by atoms with van der Waals surface area (Å²) in [5.74, 6) is 0. The number of hydrogen-bond acceptors (Lipinski definition) is 0. The van der Waals surface area contributed by atoms with Gasteiger partial charge in [0.1, 0.15) is 0 Å². The van der Waals surface area contributed by atoms with Crippen molar-refractivity contribution in [2.24, 2.45) is 0 Å². The van der Waals surface area contributed by atoms with Crippen molar-refractivity contribution in [3.63, 3.8) is 0 Å². The molecule has 0 aromatic heterocycles. The highest BCUT2D eigenvalue weighted by Crippen LogP contribution is 2.32. The number of allylic oxidation sites excluding steroid dienone is 4. The van der Waals surface area contributed by atoms with E-state index in [-0.39, 0.29) is 0 Å². The van der Waals surface area contributed by atoms with Gasteiger partial charge in [-0.1, -0.05) is 77.9 Å². The van der Waals surface area contributed by atoms with Gasteiger partial charge in [0.25, 0.3) is 0 Å². The molecule has 0 spiro atoms. The van der Waals surface area contributed by atoms with Gasteiger partial charge < -0.3 is 0 Å². The number of benzene rings is 3. The quantitative estimate of drug-likeness (QED) is 0.481. The van der Waals surface area contributed by atoms with Gasteiger partial charge in [-0.2, -0.15) is 0 Å². The summed E-state index contributed by atoms with van der Waals surface area (Å²) < 4.78 is 0. The lowest BCUT2D eigenvalue weighted by Gasteiger charge is -2.13. The summed E-state index contributed by atoms with van der Waals surface area (Å²) >= 11 is 0. The van der Waals surface area contributed by atoms with E-state index in [1.807, 2.05) is 0 Å². The first-order valence-corrected chi connectivity index (χ1v) is 8.68. The van der Waals surface area contributed by atoms with E-state index in [1.54, 1.807) is 0 Å². The Labute approximate surface area is 144 Å². The second-order valence-electron chi connectivity index (χ2n) is 6.80. The van der Waals surface area contributed by atoms with Crippen molar-refractivity contribution in [2.75, 3.05) is 0 Å². The summed E-state index contributed by atoms with van der Waals surface area (Å²) in [5.41, 5.74) is 8.06. The molecule has 0 nitrogen and oxygen atoms in total. The lowest BCUT2D eigenvalue weighted by Crippen LogP contribution is -1.90. The van der Waals surface area contributed by atoms with Gasteiger partial charge in [0.05, 0.1) is 0 Å². The van der Waals surface area contributed by atoms with Crippen molar-refractivity contribution >= 4 is 16.3 Å². The molecule has 0 N–H and O–H groups in total. The van der Waals surface area contributed by atoms with Gasteiger partial charge in [-0.15, -0.1) is 0 Å². The highest BCUT2D eigenvalue weighted by Gasteiger charge is 2.08. The maximum absolute atomic E-state index is 2.36. The largest absolute Gasteiger partial charge is 0.0763 e. The first-order valence-electron chi connectivity index (χ1n) is 8.68. The van der Waals surface area contributed by atoms with E-state index < -0.39 is 0 Å². The first kappa shape index (κ1) is 15.0. The topological polar surface area (TPSA) is 0 Å². The van der Waals surface area contributed by atoms with E-state index in [0.29, 0.717) is 0 Å². The van der Waals surface area contributed by atoms with Crippen molar-refractivity contribution in [3.8, 4) is 11.1 Å². The molecule has 0 heteroatoms. The lowest BCUT2D eigenvalue weighted by molar-refractivity contribution is 0.966. The molecule has 0 amide bonds. The normalized spacial score (nSPS) is 14.4. The Balaban J connectivity index is 1.84. The molecule has 0 atom stereocenters. The van der Waals surface area contributed by atoms with Crippen LogP contribution in [0.15, 0.2) is 78.4 Å². The van der Waals surface area contributed by atoms with E-state index >= 15 is 0 Å². The van der Waals surface area contributed by atoms with Gasteiger partial charge in [-0.25, -0.2) is 0 Å².